The first-order valence-corrected chi connectivity index (χ1v) is 4.13. The van der Waals surface area contributed by atoms with Crippen LogP contribution in [-0.2, 0) is 6.42 Å². The second-order valence-corrected chi connectivity index (χ2v) is 2.48. The molecule has 0 unspecified atom stereocenters. The maximum absolute atomic E-state index is 4.90. The molecule has 5 nitrogen and oxygen atoms in total. The van der Waals surface area contributed by atoms with E-state index >= 15 is 0 Å². The topological polar surface area (TPSA) is 57.1 Å². The molecule has 0 aliphatic heterocycles. The molecule has 72 valence electrons. The maximum Gasteiger partial charge on any atom is 0.322 e. The van der Waals surface area contributed by atoms with E-state index in [1.165, 1.54) is 14.2 Å². The van der Waals surface area contributed by atoms with Gasteiger partial charge in [0.15, 0.2) is 0 Å². The normalized spacial score (nSPS) is 9.77. The third-order valence-corrected chi connectivity index (χ3v) is 1.48. The van der Waals surface area contributed by atoms with E-state index in [2.05, 4.69) is 21.9 Å². The van der Waals surface area contributed by atoms with Crippen LogP contribution >= 0.6 is 0 Å². The summed E-state index contributed by atoms with van der Waals surface area (Å²) in [5.74, 6) is 0.700. The molecule has 5 heteroatoms. The van der Waals surface area contributed by atoms with Crippen molar-refractivity contribution in [3.05, 3.63) is 5.82 Å². The van der Waals surface area contributed by atoms with Crippen molar-refractivity contribution in [2.24, 2.45) is 0 Å². The number of nitrogens with zero attached hydrogens (tertiary/aromatic N) is 3. The molecular formula is C8H13N3O2. The van der Waals surface area contributed by atoms with E-state index < -0.39 is 0 Å². The van der Waals surface area contributed by atoms with Gasteiger partial charge in [-0.25, -0.2) is 0 Å². The van der Waals surface area contributed by atoms with Gasteiger partial charge >= 0.3 is 12.0 Å². The number of methoxy groups -OCH3 is 2. The summed E-state index contributed by atoms with van der Waals surface area (Å²) in [6.07, 6.45) is 1.78. The van der Waals surface area contributed by atoms with Gasteiger partial charge < -0.3 is 9.47 Å². The van der Waals surface area contributed by atoms with E-state index in [1.807, 2.05) is 0 Å². The van der Waals surface area contributed by atoms with Gasteiger partial charge in [0.25, 0.3) is 0 Å². The summed E-state index contributed by atoms with van der Waals surface area (Å²) in [7, 11) is 3.04. The van der Waals surface area contributed by atoms with Crippen molar-refractivity contribution in [1.82, 2.24) is 15.0 Å². The third kappa shape index (κ3) is 2.54. The molecule has 0 amide bonds. The van der Waals surface area contributed by atoms with Gasteiger partial charge in [0.1, 0.15) is 5.82 Å². The van der Waals surface area contributed by atoms with Crippen LogP contribution in [0, 0.1) is 0 Å². The van der Waals surface area contributed by atoms with Crippen molar-refractivity contribution >= 4 is 0 Å². The summed E-state index contributed by atoms with van der Waals surface area (Å²) in [6.45, 7) is 2.06. The molecule has 13 heavy (non-hydrogen) atoms. The third-order valence-electron chi connectivity index (χ3n) is 1.48. The molecule has 1 aromatic heterocycles. The first kappa shape index (κ1) is 9.70. The molecule has 0 fully saturated rings. The van der Waals surface area contributed by atoms with E-state index in [0.29, 0.717) is 17.8 Å². The minimum absolute atomic E-state index is 0.301. The molecule has 0 aromatic carbocycles. The highest BCUT2D eigenvalue weighted by Gasteiger charge is 2.05. The van der Waals surface area contributed by atoms with Gasteiger partial charge in [-0.2, -0.15) is 9.97 Å². The summed E-state index contributed by atoms with van der Waals surface area (Å²) < 4.78 is 9.80. The zero-order valence-electron chi connectivity index (χ0n) is 8.07. The largest absolute Gasteiger partial charge is 0.467 e. The average molecular weight is 183 g/mol. The van der Waals surface area contributed by atoms with Crippen molar-refractivity contribution in [2.75, 3.05) is 14.2 Å². The zero-order chi connectivity index (χ0) is 9.68. The van der Waals surface area contributed by atoms with Gasteiger partial charge in [-0.3, -0.25) is 0 Å². The van der Waals surface area contributed by atoms with E-state index in [0.717, 1.165) is 12.8 Å². The van der Waals surface area contributed by atoms with Gasteiger partial charge in [-0.1, -0.05) is 6.92 Å². The molecule has 0 N–H and O–H groups in total. The Kier molecular flexibility index (Phi) is 3.42. The Bertz CT molecular complexity index is 256. The molecule has 0 spiro atoms. The summed E-state index contributed by atoms with van der Waals surface area (Å²) in [5, 5.41) is 0. The number of hydrogen-bond donors (Lipinski definition) is 0. The van der Waals surface area contributed by atoms with Gasteiger partial charge in [0.2, 0.25) is 0 Å². The zero-order valence-corrected chi connectivity index (χ0v) is 8.07. The average Bonchev–Trinajstić information content (AvgIpc) is 2.17. The summed E-state index contributed by atoms with van der Waals surface area (Å²) in [6, 6.07) is 0.602. The monoisotopic (exact) mass is 183 g/mol. The lowest BCUT2D eigenvalue weighted by molar-refractivity contribution is 0.336. The number of hydrogen-bond acceptors (Lipinski definition) is 5. The number of aryl methyl sites for hydroxylation is 1. The van der Waals surface area contributed by atoms with E-state index in [1.54, 1.807) is 0 Å². The van der Waals surface area contributed by atoms with Crippen molar-refractivity contribution in [2.45, 2.75) is 19.8 Å². The van der Waals surface area contributed by atoms with E-state index in [4.69, 9.17) is 9.47 Å². The van der Waals surface area contributed by atoms with Crippen molar-refractivity contribution in [1.29, 1.82) is 0 Å². The quantitative estimate of drug-likeness (QED) is 0.692. The summed E-state index contributed by atoms with van der Waals surface area (Å²) >= 11 is 0. The molecule has 0 aliphatic carbocycles. The minimum atomic E-state index is 0.301. The summed E-state index contributed by atoms with van der Waals surface area (Å²) in [4.78, 5) is 12.0. The van der Waals surface area contributed by atoms with Crippen LogP contribution in [0.3, 0.4) is 0 Å². The van der Waals surface area contributed by atoms with Crippen LogP contribution in [0.5, 0.6) is 12.0 Å². The SMILES string of the molecule is CCCc1nc(OC)nc(OC)n1. The second-order valence-electron chi connectivity index (χ2n) is 2.48. The van der Waals surface area contributed by atoms with Crippen LogP contribution in [0.2, 0.25) is 0 Å². The molecule has 1 aromatic rings. The fraction of sp³-hybridized carbons (Fsp3) is 0.625. The molecule has 0 saturated heterocycles. The Morgan fingerprint density at radius 3 is 1.92 bits per heavy atom. The van der Waals surface area contributed by atoms with Gasteiger partial charge in [0, 0.05) is 6.42 Å². The smallest absolute Gasteiger partial charge is 0.322 e. The number of ether oxygens (including phenoxy) is 2. The lowest BCUT2D eigenvalue weighted by atomic mass is 10.3. The van der Waals surface area contributed by atoms with Gasteiger partial charge in [0.05, 0.1) is 14.2 Å². The highest BCUT2D eigenvalue weighted by Crippen LogP contribution is 2.09. The molecule has 0 radical (unpaired) electrons. The minimum Gasteiger partial charge on any atom is -0.467 e. The van der Waals surface area contributed by atoms with Gasteiger partial charge in [-0.05, 0) is 6.42 Å². The van der Waals surface area contributed by atoms with Crippen LogP contribution in [-0.4, -0.2) is 29.2 Å². The first-order chi connectivity index (χ1) is 6.30. The highest BCUT2D eigenvalue weighted by atomic mass is 16.5. The second kappa shape index (κ2) is 4.59. The Morgan fingerprint density at radius 2 is 1.54 bits per heavy atom. The van der Waals surface area contributed by atoms with Crippen molar-refractivity contribution < 1.29 is 9.47 Å². The van der Waals surface area contributed by atoms with Crippen LogP contribution < -0.4 is 9.47 Å². The Balaban J connectivity index is 2.93. The number of aromatic nitrogens is 3. The predicted molar refractivity (Wildman–Crippen MR) is 46.9 cm³/mol. The molecule has 1 rings (SSSR count). The maximum atomic E-state index is 4.90. The molecular weight excluding hydrogens is 170 g/mol. The van der Waals surface area contributed by atoms with E-state index in [9.17, 15) is 0 Å². The molecule has 0 atom stereocenters. The summed E-state index contributed by atoms with van der Waals surface area (Å²) in [5.41, 5.74) is 0. The fourth-order valence-electron chi connectivity index (χ4n) is 0.896. The standard InChI is InChI=1S/C8H13N3O2/c1-4-5-6-9-7(12-2)11-8(10-6)13-3/h4-5H2,1-3H3. The molecule has 0 aliphatic rings. The van der Waals surface area contributed by atoms with Crippen LogP contribution in [0.4, 0.5) is 0 Å². The van der Waals surface area contributed by atoms with Crippen LogP contribution in [0.1, 0.15) is 19.2 Å². The Morgan fingerprint density at radius 1 is 1.00 bits per heavy atom. The lowest BCUT2D eigenvalue weighted by Crippen LogP contribution is -2.03. The van der Waals surface area contributed by atoms with Crippen molar-refractivity contribution in [3.8, 4) is 12.0 Å². The Hall–Kier alpha value is -1.39. The molecule has 1 heterocycles. The predicted octanol–water partition coefficient (Wildman–Crippen LogP) is 0.841. The number of rotatable bonds is 4. The van der Waals surface area contributed by atoms with Crippen LogP contribution in [0.15, 0.2) is 0 Å². The first-order valence-electron chi connectivity index (χ1n) is 4.13. The van der Waals surface area contributed by atoms with Crippen molar-refractivity contribution in [3.63, 3.8) is 0 Å². The molecule has 0 bridgehead atoms. The van der Waals surface area contributed by atoms with E-state index in [-0.39, 0.29) is 0 Å². The lowest BCUT2D eigenvalue weighted by Gasteiger charge is -2.03. The highest BCUT2D eigenvalue weighted by molar-refractivity contribution is 5.05. The van der Waals surface area contributed by atoms with Crippen LogP contribution in [0.25, 0.3) is 0 Å². The fourth-order valence-corrected chi connectivity index (χ4v) is 0.896. The van der Waals surface area contributed by atoms with Gasteiger partial charge in [-0.15, -0.1) is 4.98 Å². The Labute approximate surface area is 77.1 Å². The molecule has 0 saturated carbocycles.